The normalized spacial score (nSPS) is 16.9. The summed E-state index contributed by atoms with van der Waals surface area (Å²) in [5.41, 5.74) is -0.368. The van der Waals surface area contributed by atoms with E-state index >= 15 is 0 Å². The Morgan fingerprint density at radius 2 is 1.61 bits per heavy atom. The average molecular weight is 256 g/mol. The molecule has 0 saturated carbocycles. The number of allylic oxidation sites excluding steroid dienone is 1. The van der Waals surface area contributed by atoms with Gasteiger partial charge in [0.1, 0.15) is 0 Å². The van der Waals surface area contributed by atoms with Crippen LogP contribution in [0.15, 0.2) is 11.1 Å². The fourth-order valence-electron chi connectivity index (χ4n) is 1.62. The zero-order valence-corrected chi connectivity index (χ0v) is 12.1. The Labute approximate surface area is 109 Å². The van der Waals surface area contributed by atoms with Crippen LogP contribution >= 0.6 is 0 Å². The summed E-state index contributed by atoms with van der Waals surface area (Å²) in [6, 6.07) is 0. The highest BCUT2D eigenvalue weighted by atomic mass is 16.3. The van der Waals surface area contributed by atoms with Gasteiger partial charge in [0.25, 0.3) is 0 Å². The molecule has 0 aromatic carbocycles. The number of aliphatic hydroxyl groups excluding tert-OH is 2. The molecule has 0 heterocycles. The molecule has 0 amide bonds. The molecule has 0 saturated heterocycles. The highest BCUT2D eigenvalue weighted by Gasteiger charge is 2.39. The van der Waals surface area contributed by atoms with Crippen molar-refractivity contribution in [3.8, 4) is 0 Å². The van der Waals surface area contributed by atoms with Crippen molar-refractivity contribution in [2.75, 3.05) is 0 Å². The quantitative estimate of drug-likeness (QED) is 0.559. The lowest BCUT2D eigenvalue weighted by molar-refractivity contribution is -0.143. The maximum atomic E-state index is 12.1. The van der Waals surface area contributed by atoms with Gasteiger partial charge in [-0.1, -0.05) is 6.92 Å². The van der Waals surface area contributed by atoms with Gasteiger partial charge in [-0.3, -0.25) is 9.59 Å². The summed E-state index contributed by atoms with van der Waals surface area (Å²) in [5.74, 6) is -1.25. The summed E-state index contributed by atoms with van der Waals surface area (Å²) in [6.45, 7) is 9.57. The predicted molar refractivity (Wildman–Crippen MR) is 70.1 cm³/mol. The summed E-state index contributed by atoms with van der Waals surface area (Å²) in [4.78, 5) is 24.1. The lowest BCUT2D eigenvalue weighted by Crippen LogP contribution is -2.41. The highest BCUT2D eigenvalue weighted by Crippen LogP contribution is 2.26. The van der Waals surface area contributed by atoms with Crippen LogP contribution in [0.1, 0.15) is 48.0 Å². The smallest absolute Gasteiger partial charge is 0.224 e. The Balaban J connectivity index is 5.26. The first kappa shape index (κ1) is 17.0. The van der Waals surface area contributed by atoms with E-state index in [-0.39, 0.29) is 5.57 Å². The van der Waals surface area contributed by atoms with Gasteiger partial charge in [-0.25, -0.2) is 0 Å². The summed E-state index contributed by atoms with van der Waals surface area (Å²) in [5, 5.41) is 19.2. The number of carbonyl (C=O) groups is 2. The number of hydrogen-bond acceptors (Lipinski definition) is 4. The molecule has 0 aliphatic heterocycles. The standard InChI is InChI=1S/C14H24O4/c1-7-11(16)14(5,6)13(18)12(17)9(3)8(2)10(4)15/h10-11,15-16H,7H2,1-6H3/t10-,11+/m0/s1. The van der Waals surface area contributed by atoms with Crippen LogP contribution in [0.5, 0.6) is 0 Å². The monoisotopic (exact) mass is 256 g/mol. The van der Waals surface area contributed by atoms with Crippen molar-refractivity contribution < 1.29 is 19.8 Å². The number of hydrogen-bond donors (Lipinski definition) is 2. The van der Waals surface area contributed by atoms with Gasteiger partial charge >= 0.3 is 0 Å². The van der Waals surface area contributed by atoms with Crippen LogP contribution in [-0.2, 0) is 9.59 Å². The van der Waals surface area contributed by atoms with Gasteiger partial charge in [-0.2, -0.15) is 0 Å². The van der Waals surface area contributed by atoms with E-state index in [0.29, 0.717) is 12.0 Å². The van der Waals surface area contributed by atoms with E-state index in [1.165, 1.54) is 6.92 Å². The molecule has 4 heteroatoms. The molecule has 0 aromatic heterocycles. The molecule has 2 atom stereocenters. The Morgan fingerprint density at radius 3 is 1.94 bits per heavy atom. The van der Waals surface area contributed by atoms with Gasteiger partial charge in [0.15, 0.2) is 0 Å². The number of aliphatic hydroxyl groups is 2. The van der Waals surface area contributed by atoms with E-state index in [2.05, 4.69) is 0 Å². The zero-order valence-electron chi connectivity index (χ0n) is 12.1. The molecule has 0 aliphatic rings. The summed E-state index contributed by atoms with van der Waals surface area (Å²) >= 11 is 0. The molecular weight excluding hydrogens is 232 g/mol. The third-order valence-electron chi connectivity index (χ3n) is 3.57. The van der Waals surface area contributed by atoms with Crippen molar-refractivity contribution in [2.24, 2.45) is 5.41 Å². The second-order valence-electron chi connectivity index (χ2n) is 5.29. The Hall–Kier alpha value is -1.00. The fraction of sp³-hybridized carbons (Fsp3) is 0.714. The molecule has 0 radical (unpaired) electrons. The minimum Gasteiger partial charge on any atom is -0.392 e. The molecule has 0 rings (SSSR count). The first-order chi connectivity index (χ1) is 8.07. The van der Waals surface area contributed by atoms with Crippen molar-refractivity contribution >= 4 is 11.6 Å². The van der Waals surface area contributed by atoms with Crippen LogP contribution in [-0.4, -0.2) is 34.0 Å². The lowest BCUT2D eigenvalue weighted by Gasteiger charge is -2.27. The van der Waals surface area contributed by atoms with Crippen LogP contribution in [0.25, 0.3) is 0 Å². The first-order valence-electron chi connectivity index (χ1n) is 6.19. The number of carbonyl (C=O) groups excluding carboxylic acids is 2. The average Bonchev–Trinajstić information content (AvgIpc) is 2.33. The highest BCUT2D eigenvalue weighted by molar-refractivity contribution is 6.45. The third kappa shape index (κ3) is 3.50. The topological polar surface area (TPSA) is 74.6 Å². The summed E-state index contributed by atoms with van der Waals surface area (Å²) in [7, 11) is 0. The molecule has 0 unspecified atom stereocenters. The molecule has 0 bridgehead atoms. The van der Waals surface area contributed by atoms with Crippen molar-refractivity contribution in [3.05, 3.63) is 11.1 Å². The molecule has 0 spiro atoms. The zero-order chi connectivity index (χ0) is 14.7. The molecule has 18 heavy (non-hydrogen) atoms. The number of ketones is 2. The van der Waals surface area contributed by atoms with Crippen LogP contribution in [0, 0.1) is 5.41 Å². The second kappa shape index (κ2) is 6.25. The van der Waals surface area contributed by atoms with Gasteiger partial charge in [0, 0.05) is 5.57 Å². The van der Waals surface area contributed by atoms with Crippen LogP contribution in [0.2, 0.25) is 0 Å². The lowest BCUT2D eigenvalue weighted by atomic mass is 9.77. The third-order valence-corrected chi connectivity index (χ3v) is 3.57. The Kier molecular flexibility index (Phi) is 5.90. The van der Waals surface area contributed by atoms with Crippen LogP contribution in [0.4, 0.5) is 0 Å². The molecule has 0 fully saturated rings. The van der Waals surface area contributed by atoms with E-state index < -0.39 is 29.2 Å². The molecule has 0 aliphatic carbocycles. The fourth-order valence-corrected chi connectivity index (χ4v) is 1.62. The van der Waals surface area contributed by atoms with E-state index in [1.54, 1.807) is 34.6 Å². The maximum absolute atomic E-state index is 12.1. The van der Waals surface area contributed by atoms with Crippen molar-refractivity contribution in [2.45, 2.75) is 60.2 Å². The van der Waals surface area contributed by atoms with Gasteiger partial charge in [-0.15, -0.1) is 0 Å². The number of rotatable bonds is 6. The van der Waals surface area contributed by atoms with Gasteiger partial charge < -0.3 is 10.2 Å². The van der Waals surface area contributed by atoms with Crippen molar-refractivity contribution in [1.29, 1.82) is 0 Å². The molecular formula is C14H24O4. The van der Waals surface area contributed by atoms with E-state index in [0.717, 1.165) is 0 Å². The van der Waals surface area contributed by atoms with E-state index in [9.17, 15) is 19.8 Å². The first-order valence-corrected chi connectivity index (χ1v) is 6.19. The van der Waals surface area contributed by atoms with Crippen LogP contribution < -0.4 is 0 Å². The molecule has 4 nitrogen and oxygen atoms in total. The number of Topliss-reactive ketones (excluding diaryl/α,β-unsaturated/α-hetero) is 2. The van der Waals surface area contributed by atoms with E-state index in [4.69, 9.17) is 0 Å². The Bertz CT molecular complexity index is 364. The van der Waals surface area contributed by atoms with Gasteiger partial charge in [0.2, 0.25) is 11.6 Å². The SMILES string of the molecule is CC[C@@H](O)C(C)(C)C(=O)C(=O)C(C)=C(C)[C@H](C)O. The molecule has 2 N–H and O–H groups in total. The van der Waals surface area contributed by atoms with Crippen LogP contribution in [0.3, 0.4) is 0 Å². The second-order valence-corrected chi connectivity index (χ2v) is 5.29. The summed E-state index contributed by atoms with van der Waals surface area (Å²) in [6.07, 6.45) is -1.21. The maximum Gasteiger partial charge on any atom is 0.224 e. The molecule has 0 aromatic rings. The minimum absolute atomic E-state index is 0.256. The molecule has 104 valence electrons. The van der Waals surface area contributed by atoms with Crippen molar-refractivity contribution in [1.82, 2.24) is 0 Å². The minimum atomic E-state index is -1.11. The van der Waals surface area contributed by atoms with E-state index in [1.807, 2.05) is 0 Å². The summed E-state index contributed by atoms with van der Waals surface area (Å²) < 4.78 is 0. The largest absolute Gasteiger partial charge is 0.392 e. The Morgan fingerprint density at radius 1 is 1.17 bits per heavy atom. The van der Waals surface area contributed by atoms with Gasteiger partial charge in [-0.05, 0) is 46.6 Å². The van der Waals surface area contributed by atoms with Gasteiger partial charge in [0.05, 0.1) is 17.6 Å². The van der Waals surface area contributed by atoms with Crippen molar-refractivity contribution in [3.63, 3.8) is 0 Å². The predicted octanol–water partition coefficient (Wildman–Crippen LogP) is 1.64.